The maximum absolute atomic E-state index is 11.8. The minimum atomic E-state index is 0.156. The third kappa shape index (κ3) is 4.24. The van der Waals surface area contributed by atoms with Crippen molar-refractivity contribution in [3.8, 4) is 0 Å². The molecule has 2 aromatic rings. The number of aryl methyl sites for hydroxylation is 1. The minimum absolute atomic E-state index is 0.156. The number of benzene rings is 1. The number of halogens is 1. The Labute approximate surface area is 174 Å². The highest BCUT2D eigenvalue weighted by Crippen LogP contribution is 2.25. The van der Waals surface area contributed by atoms with E-state index in [1.165, 1.54) is 11.3 Å². The summed E-state index contributed by atoms with van der Waals surface area (Å²) in [6, 6.07) is 6.02. The summed E-state index contributed by atoms with van der Waals surface area (Å²) in [5.74, 6) is 0.663. The first-order chi connectivity index (χ1) is 13.5. The van der Waals surface area contributed by atoms with Gasteiger partial charge in [-0.3, -0.25) is 9.69 Å². The Bertz CT molecular complexity index is 919. The maximum atomic E-state index is 11.8. The Morgan fingerprint density at radius 3 is 2.71 bits per heavy atom. The first kappa shape index (κ1) is 19.4. The van der Waals surface area contributed by atoms with Crippen LogP contribution in [0, 0.1) is 11.8 Å². The van der Waals surface area contributed by atoms with Crippen LogP contribution in [0.1, 0.15) is 24.3 Å². The van der Waals surface area contributed by atoms with Gasteiger partial charge in [-0.15, -0.1) is 5.10 Å². The molecule has 2 fully saturated rings. The fourth-order valence-corrected chi connectivity index (χ4v) is 4.14. The van der Waals surface area contributed by atoms with Crippen molar-refractivity contribution >= 4 is 35.4 Å². The first-order valence-electron chi connectivity index (χ1n) is 9.57. The Morgan fingerprint density at radius 2 is 2.00 bits per heavy atom. The highest BCUT2D eigenvalue weighted by molar-refractivity contribution is 7.71. The van der Waals surface area contributed by atoms with Crippen LogP contribution in [0.25, 0.3) is 0 Å². The number of hydrogen-bond acceptors (Lipinski definition) is 6. The van der Waals surface area contributed by atoms with E-state index in [9.17, 15) is 4.79 Å². The molecule has 7 nitrogen and oxygen atoms in total. The van der Waals surface area contributed by atoms with Crippen LogP contribution in [0.2, 0.25) is 5.02 Å². The number of amides is 1. The van der Waals surface area contributed by atoms with Gasteiger partial charge in [-0.05, 0) is 43.3 Å². The zero-order valence-corrected chi connectivity index (χ0v) is 17.5. The van der Waals surface area contributed by atoms with Gasteiger partial charge in [-0.25, -0.2) is 4.68 Å². The van der Waals surface area contributed by atoms with E-state index in [2.05, 4.69) is 27.9 Å². The van der Waals surface area contributed by atoms with E-state index >= 15 is 0 Å². The summed E-state index contributed by atoms with van der Waals surface area (Å²) in [6.45, 7) is 7.51. The van der Waals surface area contributed by atoms with E-state index in [0.717, 1.165) is 44.2 Å². The van der Waals surface area contributed by atoms with Gasteiger partial charge in [0, 0.05) is 49.9 Å². The second-order valence-corrected chi connectivity index (χ2v) is 8.14. The maximum Gasteiger partial charge on any atom is 0.288 e. The summed E-state index contributed by atoms with van der Waals surface area (Å²) in [7, 11) is 0. The van der Waals surface area contributed by atoms with Gasteiger partial charge < -0.3 is 14.2 Å². The average Bonchev–Trinajstić information content (AvgIpc) is 3.23. The molecule has 9 heteroatoms. The first-order valence-corrected chi connectivity index (χ1v) is 10.4. The second kappa shape index (κ2) is 8.23. The monoisotopic (exact) mass is 421 g/mol. The second-order valence-electron chi connectivity index (χ2n) is 7.36. The Morgan fingerprint density at radius 1 is 1.21 bits per heavy atom. The number of nitrogens with zero attached hydrogens (tertiary/aromatic N) is 5. The van der Waals surface area contributed by atoms with Crippen LogP contribution in [0.3, 0.4) is 0 Å². The summed E-state index contributed by atoms with van der Waals surface area (Å²) in [6.07, 6.45) is 1.51. The molecular formula is C19H24ClN5O2S. The van der Waals surface area contributed by atoms with Gasteiger partial charge >= 0.3 is 0 Å². The molecule has 0 atom stereocenters. The van der Waals surface area contributed by atoms with Gasteiger partial charge in [0.05, 0.1) is 13.2 Å². The van der Waals surface area contributed by atoms with Crippen molar-refractivity contribution in [2.24, 2.45) is 0 Å². The van der Waals surface area contributed by atoms with Crippen molar-refractivity contribution in [1.82, 2.24) is 19.6 Å². The topological polar surface area (TPSA) is 57.8 Å². The van der Waals surface area contributed by atoms with Crippen molar-refractivity contribution < 1.29 is 9.21 Å². The van der Waals surface area contributed by atoms with Crippen LogP contribution in [0.15, 0.2) is 22.6 Å². The van der Waals surface area contributed by atoms with Gasteiger partial charge in [0.15, 0.2) is 0 Å². The van der Waals surface area contributed by atoms with Crippen LogP contribution in [-0.2, 0) is 18.0 Å². The third-order valence-electron chi connectivity index (χ3n) is 5.36. The van der Waals surface area contributed by atoms with E-state index in [-0.39, 0.29) is 5.91 Å². The van der Waals surface area contributed by atoms with Crippen molar-refractivity contribution in [2.75, 3.05) is 37.6 Å². The summed E-state index contributed by atoms with van der Waals surface area (Å²) in [5.41, 5.74) is 2.43. The molecule has 0 N–H and O–H groups in total. The SMILES string of the molecule is Cc1ccc(Cl)cc1N1CCN(Cn2nc(CN3CCCC3=O)oc2=S)CC1. The summed E-state index contributed by atoms with van der Waals surface area (Å²) < 4.78 is 7.32. The highest BCUT2D eigenvalue weighted by atomic mass is 35.5. The molecular weight excluding hydrogens is 398 g/mol. The van der Waals surface area contributed by atoms with Gasteiger partial charge in [0.2, 0.25) is 11.8 Å². The zero-order valence-electron chi connectivity index (χ0n) is 15.9. The Balaban J connectivity index is 1.35. The normalized spacial score (nSPS) is 18.3. The van der Waals surface area contributed by atoms with Crippen LogP contribution < -0.4 is 4.90 Å². The third-order valence-corrected chi connectivity index (χ3v) is 5.89. The number of hydrogen-bond donors (Lipinski definition) is 0. The molecule has 2 aliphatic heterocycles. The van der Waals surface area contributed by atoms with E-state index < -0.39 is 0 Å². The minimum Gasteiger partial charge on any atom is -0.412 e. The molecule has 0 spiro atoms. The molecule has 0 unspecified atom stereocenters. The van der Waals surface area contributed by atoms with Gasteiger partial charge in [0.1, 0.15) is 0 Å². The molecule has 1 amide bonds. The number of carbonyl (C=O) groups excluding carboxylic acids is 1. The number of rotatable bonds is 5. The zero-order chi connectivity index (χ0) is 19.7. The molecule has 150 valence electrons. The van der Waals surface area contributed by atoms with E-state index in [0.29, 0.717) is 30.4 Å². The summed E-state index contributed by atoms with van der Waals surface area (Å²) >= 11 is 11.5. The Hall–Kier alpha value is -1.90. The van der Waals surface area contributed by atoms with Crippen molar-refractivity contribution in [1.29, 1.82) is 0 Å². The van der Waals surface area contributed by atoms with E-state index in [1.54, 1.807) is 9.58 Å². The molecule has 0 aliphatic carbocycles. The fourth-order valence-electron chi connectivity index (χ4n) is 3.78. The molecule has 3 heterocycles. The number of carbonyl (C=O) groups is 1. The fraction of sp³-hybridized carbons (Fsp3) is 0.526. The summed E-state index contributed by atoms with van der Waals surface area (Å²) in [5, 5.41) is 5.25. The standard InChI is InChI=1S/C19H24ClN5O2S/c1-14-4-5-15(20)11-16(14)23-9-7-22(8-10-23)13-25-19(28)27-17(21-25)12-24-6-2-3-18(24)26/h4-5,11H,2-3,6-10,12-13H2,1H3. The number of likely N-dealkylation sites (tertiary alicyclic amines) is 1. The van der Waals surface area contributed by atoms with E-state index in [4.69, 9.17) is 28.2 Å². The van der Waals surface area contributed by atoms with Gasteiger partial charge in [0.25, 0.3) is 4.84 Å². The number of piperazine rings is 1. The lowest BCUT2D eigenvalue weighted by Crippen LogP contribution is -2.47. The lowest BCUT2D eigenvalue weighted by molar-refractivity contribution is -0.128. The van der Waals surface area contributed by atoms with Gasteiger partial charge in [-0.1, -0.05) is 17.7 Å². The molecule has 1 aromatic heterocycles. The van der Waals surface area contributed by atoms with Crippen LogP contribution in [0.5, 0.6) is 0 Å². The molecule has 4 rings (SSSR count). The largest absolute Gasteiger partial charge is 0.412 e. The molecule has 1 aromatic carbocycles. The lowest BCUT2D eigenvalue weighted by Gasteiger charge is -2.36. The van der Waals surface area contributed by atoms with Gasteiger partial charge in [-0.2, -0.15) is 0 Å². The van der Waals surface area contributed by atoms with Crippen LogP contribution in [-0.4, -0.2) is 58.2 Å². The highest BCUT2D eigenvalue weighted by Gasteiger charge is 2.23. The molecule has 0 saturated carbocycles. The van der Waals surface area contributed by atoms with Crippen molar-refractivity contribution in [3.05, 3.63) is 39.5 Å². The smallest absolute Gasteiger partial charge is 0.288 e. The average molecular weight is 422 g/mol. The number of anilines is 1. The molecule has 2 saturated heterocycles. The van der Waals surface area contributed by atoms with E-state index in [1.807, 2.05) is 12.1 Å². The molecule has 0 radical (unpaired) electrons. The van der Waals surface area contributed by atoms with Crippen LogP contribution >= 0.6 is 23.8 Å². The lowest BCUT2D eigenvalue weighted by atomic mass is 10.1. The summed E-state index contributed by atoms with van der Waals surface area (Å²) in [4.78, 5) is 18.6. The van der Waals surface area contributed by atoms with Crippen molar-refractivity contribution in [3.63, 3.8) is 0 Å². The predicted octanol–water partition coefficient (Wildman–Crippen LogP) is 3.07. The van der Waals surface area contributed by atoms with Crippen LogP contribution in [0.4, 0.5) is 5.69 Å². The number of aromatic nitrogens is 2. The molecule has 28 heavy (non-hydrogen) atoms. The quantitative estimate of drug-likeness (QED) is 0.691. The molecule has 2 aliphatic rings. The van der Waals surface area contributed by atoms with Crippen molar-refractivity contribution in [2.45, 2.75) is 33.0 Å². The Kier molecular flexibility index (Phi) is 5.70. The molecule has 0 bridgehead atoms. The predicted molar refractivity (Wildman–Crippen MR) is 110 cm³/mol.